The van der Waals surface area contributed by atoms with Gasteiger partial charge in [-0.05, 0) is 48.9 Å². The molecule has 0 radical (unpaired) electrons. The molecule has 0 N–H and O–H groups in total. The lowest BCUT2D eigenvalue weighted by molar-refractivity contribution is -0.133. The maximum atomic E-state index is 14.0. The van der Waals surface area contributed by atoms with Crippen LogP contribution in [0.15, 0.2) is 48.5 Å². The van der Waals surface area contributed by atoms with E-state index < -0.39 is 0 Å². The van der Waals surface area contributed by atoms with Crippen LogP contribution in [0.2, 0.25) is 0 Å². The second-order valence-electron chi connectivity index (χ2n) is 7.59. The Bertz CT molecular complexity index is 960. The highest BCUT2D eigenvalue weighted by atomic mass is 32.1. The van der Waals surface area contributed by atoms with Crippen LogP contribution in [-0.2, 0) is 4.79 Å². The Morgan fingerprint density at radius 3 is 2.59 bits per heavy atom. The van der Waals surface area contributed by atoms with Gasteiger partial charge in [0, 0.05) is 24.9 Å². The van der Waals surface area contributed by atoms with Gasteiger partial charge in [-0.2, -0.15) is 0 Å². The fourth-order valence-electron chi connectivity index (χ4n) is 4.23. The number of aromatic nitrogens is 1. The van der Waals surface area contributed by atoms with Crippen molar-refractivity contribution in [3.05, 3.63) is 64.9 Å². The Morgan fingerprint density at radius 2 is 1.81 bits per heavy atom. The van der Waals surface area contributed by atoms with Gasteiger partial charge in [0.15, 0.2) is 0 Å². The number of nitrogens with zero attached hydrogens (tertiary/aromatic N) is 2. The maximum absolute atomic E-state index is 14.0. The first kappa shape index (κ1) is 16.9. The zero-order chi connectivity index (χ0) is 18.4. The van der Waals surface area contributed by atoms with Crippen LogP contribution < -0.4 is 0 Å². The summed E-state index contributed by atoms with van der Waals surface area (Å²) < 4.78 is 15.2. The van der Waals surface area contributed by atoms with E-state index in [4.69, 9.17) is 4.98 Å². The fourth-order valence-corrected chi connectivity index (χ4v) is 5.37. The molecule has 1 amide bonds. The van der Waals surface area contributed by atoms with E-state index in [0.717, 1.165) is 37.9 Å². The highest BCUT2D eigenvalue weighted by Crippen LogP contribution is 2.49. The molecule has 2 aromatic carbocycles. The third kappa shape index (κ3) is 3.14. The van der Waals surface area contributed by atoms with Gasteiger partial charge in [-0.15, -0.1) is 11.3 Å². The molecule has 3 aromatic rings. The Balaban J connectivity index is 1.22. The van der Waals surface area contributed by atoms with E-state index in [9.17, 15) is 9.18 Å². The van der Waals surface area contributed by atoms with Crippen LogP contribution in [-0.4, -0.2) is 28.9 Å². The normalized spacial score (nSPS) is 22.9. The number of piperidine rings is 1. The standard InChI is InChI=1S/C22H21FN2OS/c23-18-6-2-1-5-15(18)16-13-17(16)22(26)25-11-9-14(10-12-25)21-24-19-7-3-4-8-20(19)27-21/h1-8,14,16-17H,9-13H2. The molecule has 2 atom stereocenters. The van der Waals surface area contributed by atoms with Gasteiger partial charge in [-0.1, -0.05) is 30.3 Å². The lowest BCUT2D eigenvalue weighted by atomic mass is 9.97. The Morgan fingerprint density at radius 1 is 1.07 bits per heavy atom. The minimum atomic E-state index is -0.188. The van der Waals surface area contributed by atoms with Crippen LogP contribution in [0, 0.1) is 11.7 Å². The van der Waals surface area contributed by atoms with Gasteiger partial charge in [-0.25, -0.2) is 9.37 Å². The number of amides is 1. The number of thiazole rings is 1. The number of benzene rings is 2. The predicted molar refractivity (Wildman–Crippen MR) is 105 cm³/mol. The molecule has 2 unspecified atom stereocenters. The first-order valence-electron chi connectivity index (χ1n) is 9.59. The summed E-state index contributed by atoms with van der Waals surface area (Å²) in [7, 11) is 0. The van der Waals surface area contributed by atoms with Gasteiger partial charge in [0.25, 0.3) is 0 Å². The lowest BCUT2D eigenvalue weighted by Crippen LogP contribution is -2.39. The molecule has 138 valence electrons. The van der Waals surface area contributed by atoms with Crippen LogP contribution in [0.5, 0.6) is 0 Å². The topological polar surface area (TPSA) is 33.2 Å². The molecule has 1 aromatic heterocycles. The van der Waals surface area contributed by atoms with E-state index in [0.29, 0.717) is 11.5 Å². The van der Waals surface area contributed by atoms with E-state index in [-0.39, 0.29) is 23.6 Å². The Kier molecular flexibility index (Phi) is 4.20. The molecular weight excluding hydrogens is 359 g/mol. The van der Waals surface area contributed by atoms with Crippen molar-refractivity contribution in [2.45, 2.75) is 31.1 Å². The summed E-state index contributed by atoms with van der Waals surface area (Å²) >= 11 is 1.78. The second kappa shape index (κ2) is 6.71. The highest BCUT2D eigenvalue weighted by Gasteiger charge is 2.47. The summed E-state index contributed by atoms with van der Waals surface area (Å²) in [6, 6.07) is 15.1. The highest BCUT2D eigenvalue weighted by molar-refractivity contribution is 7.18. The summed E-state index contributed by atoms with van der Waals surface area (Å²) in [4.78, 5) is 19.6. The fraction of sp³-hybridized carbons (Fsp3) is 0.364. The third-order valence-electron chi connectivity index (χ3n) is 5.88. The van der Waals surface area contributed by atoms with E-state index in [1.165, 1.54) is 15.8 Å². The van der Waals surface area contributed by atoms with E-state index in [1.807, 2.05) is 29.2 Å². The molecule has 2 fully saturated rings. The summed E-state index contributed by atoms with van der Waals surface area (Å²) in [5, 5.41) is 1.19. The second-order valence-corrected chi connectivity index (χ2v) is 8.65. The van der Waals surface area contributed by atoms with Crippen molar-refractivity contribution in [3.8, 4) is 0 Å². The number of hydrogen-bond donors (Lipinski definition) is 0. The zero-order valence-electron chi connectivity index (χ0n) is 15.0. The molecule has 27 heavy (non-hydrogen) atoms. The summed E-state index contributed by atoms with van der Waals surface area (Å²) in [6.45, 7) is 1.56. The minimum absolute atomic E-state index is 0.0408. The molecule has 1 aliphatic heterocycles. The molecule has 5 heteroatoms. The predicted octanol–water partition coefficient (Wildman–Crippen LogP) is 4.95. The average molecular weight is 380 g/mol. The molecule has 1 saturated heterocycles. The van der Waals surface area contributed by atoms with Gasteiger partial charge in [0.1, 0.15) is 5.82 Å². The number of hydrogen-bond acceptors (Lipinski definition) is 3. The van der Waals surface area contributed by atoms with Crippen molar-refractivity contribution >= 4 is 27.5 Å². The lowest BCUT2D eigenvalue weighted by Gasteiger charge is -2.31. The molecule has 0 spiro atoms. The van der Waals surface area contributed by atoms with Gasteiger partial charge < -0.3 is 4.90 Å². The van der Waals surface area contributed by atoms with Gasteiger partial charge in [0.05, 0.1) is 15.2 Å². The SMILES string of the molecule is O=C(C1CC1c1ccccc1F)N1CCC(c2nc3ccccc3s2)CC1. The number of para-hydroxylation sites is 1. The first-order chi connectivity index (χ1) is 13.2. The number of likely N-dealkylation sites (tertiary alicyclic amines) is 1. The molecule has 1 aliphatic carbocycles. The van der Waals surface area contributed by atoms with E-state index in [2.05, 4.69) is 12.1 Å². The van der Waals surface area contributed by atoms with Crippen LogP contribution in [0.25, 0.3) is 10.2 Å². The number of rotatable bonds is 3. The number of halogens is 1. The Labute approximate surface area is 161 Å². The number of carbonyl (C=O) groups is 1. The quantitative estimate of drug-likeness (QED) is 0.644. The van der Waals surface area contributed by atoms with Crippen LogP contribution in [0.4, 0.5) is 4.39 Å². The number of carbonyl (C=O) groups excluding carboxylic acids is 1. The van der Waals surface area contributed by atoms with Crippen molar-refractivity contribution < 1.29 is 9.18 Å². The van der Waals surface area contributed by atoms with Crippen LogP contribution in [0.1, 0.15) is 41.7 Å². The van der Waals surface area contributed by atoms with E-state index in [1.54, 1.807) is 17.4 Å². The van der Waals surface area contributed by atoms with Gasteiger partial charge in [-0.3, -0.25) is 4.79 Å². The average Bonchev–Trinajstić information content (AvgIpc) is 3.37. The maximum Gasteiger partial charge on any atom is 0.226 e. The largest absolute Gasteiger partial charge is 0.342 e. The summed E-state index contributed by atoms with van der Waals surface area (Å²) in [6.07, 6.45) is 2.70. The third-order valence-corrected chi connectivity index (χ3v) is 7.08. The molecule has 2 aliphatic rings. The van der Waals surface area contributed by atoms with Crippen LogP contribution in [0.3, 0.4) is 0 Å². The van der Waals surface area contributed by atoms with Crippen molar-refractivity contribution in [3.63, 3.8) is 0 Å². The van der Waals surface area contributed by atoms with Gasteiger partial charge >= 0.3 is 0 Å². The van der Waals surface area contributed by atoms with Crippen LogP contribution >= 0.6 is 11.3 Å². The van der Waals surface area contributed by atoms with Gasteiger partial charge in [0.2, 0.25) is 5.91 Å². The summed E-state index contributed by atoms with van der Waals surface area (Å²) in [5.74, 6) is 0.466. The Hall–Kier alpha value is -2.27. The summed E-state index contributed by atoms with van der Waals surface area (Å²) in [5.41, 5.74) is 1.77. The molecule has 5 rings (SSSR count). The zero-order valence-corrected chi connectivity index (χ0v) is 15.8. The molecule has 0 bridgehead atoms. The van der Waals surface area contributed by atoms with Crippen molar-refractivity contribution in [1.29, 1.82) is 0 Å². The molecule has 3 nitrogen and oxygen atoms in total. The number of fused-ring (bicyclic) bond motifs is 1. The first-order valence-corrected chi connectivity index (χ1v) is 10.4. The molecule has 2 heterocycles. The molecular formula is C22H21FN2OS. The molecule has 1 saturated carbocycles. The smallest absolute Gasteiger partial charge is 0.226 e. The van der Waals surface area contributed by atoms with E-state index >= 15 is 0 Å². The van der Waals surface area contributed by atoms with Crippen molar-refractivity contribution in [2.24, 2.45) is 5.92 Å². The minimum Gasteiger partial charge on any atom is -0.342 e. The van der Waals surface area contributed by atoms with Crippen molar-refractivity contribution in [2.75, 3.05) is 13.1 Å². The van der Waals surface area contributed by atoms with Crippen molar-refractivity contribution in [1.82, 2.24) is 9.88 Å². The monoisotopic (exact) mass is 380 g/mol.